The number of aromatic nitrogens is 2. The number of hydrogen-bond donors (Lipinski definition) is 1. The van der Waals surface area contributed by atoms with E-state index in [2.05, 4.69) is 9.97 Å². The van der Waals surface area contributed by atoms with Crippen LogP contribution in [0, 0.1) is 23.0 Å². The first-order chi connectivity index (χ1) is 10.2. The quantitative estimate of drug-likeness (QED) is 0.724. The van der Waals surface area contributed by atoms with Crippen LogP contribution in [-0.2, 0) is 0 Å². The number of fused-ring (bicyclic) bond motifs is 1. The Labute approximate surface area is 119 Å². The number of hydrogen-bond acceptors (Lipinski definition) is 2. The van der Waals surface area contributed by atoms with E-state index >= 15 is 0 Å². The number of allylic oxidation sites excluding steroid dienone is 1. The SMILES string of the molecule is N#C/C(=C/c1cc(F)ccc1F)c1nc2ccccc2[nH]1. The van der Waals surface area contributed by atoms with Crippen molar-refractivity contribution in [2.75, 3.05) is 0 Å². The summed E-state index contributed by atoms with van der Waals surface area (Å²) < 4.78 is 26.8. The molecule has 0 saturated heterocycles. The molecule has 0 fully saturated rings. The van der Waals surface area contributed by atoms with Gasteiger partial charge in [0.25, 0.3) is 0 Å². The highest BCUT2D eigenvalue weighted by Gasteiger charge is 2.09. The van der Waals surface area contributed by atoms with Crippen LogP contribution >= 0.6 is 0 Å². The lowest BCUT2D eigenvalue weighted by Gasteiger charge is -1.98. The number of para-hydroxylation sites is 2. The highest BCUT2D eigenvalue weighted by Crippen LogP contribution is 2.20. The second-order valence-electron chi connectivity index (χ2n) is 4.44. The number of aromatic amines is 1. The van der Waals surface area contributed by atoms with Crippen molar-refractivity contribution in [3.05, 3.63) is 65.5 Å². The highest BCUT2D eigenvalue weighted by molar-refractivity contribution is 5.90. The number of rotatable bonds is 2. The minimum atomic E-state index is -0.597. The van der Waals surface area contributed by atoms with Crippen LogP contribution in [-0.4, -0.2) is 9.97 Å². The van der Waals surface area contributed by atoms with Crippen LogP contribution in [0.4, 0.5) is 8.78 Å². The Morgan fingerprint density at radius 2 is 2.00 bits per heavy atom. The van der Waals surface area contributed by atoms with E-state index in [0.717, 1.165) is 23.7 Å². The minimum absolute atomic E-state index is 0.00649. The fourth-order valence-corrected chi connectivity index (χ4v) is 2.01. The van der Waals surface area contributed by atoms with Crippen molar-refractivity contribution < 1.29 is 8.78 Å². The number of nitrogens with zero attached hydrogens (tertiary/aromatic N) is 2. The number of H-pyrrole nitrogens is 1. The van der Waals surface area contributed by atoms with E-state index in [1.807, 2.05) is 24.3 Å². The third kappa shape index (κ3) is 2.51. The molecule has 1 aromatic heterocycles. The van der Waals surface area contributed by atoms with Crippen molar-refractivity contribution in [2.24, 2.45) is 0 Å². The third-order valence-corrected chi connectivity index (χ3v) is 3.02. The maximum Gasteiger partial charge on any atom is 0.149 e. The Morgan fingerprint density at radius 1 is 1.19 bits per heavy atom. The van der Waals surface area contributed by atoms with Crippen molar-refractivity contribution in [3.8, 4) is 6.07 Å². The minimum Gasteiger partial charge on any atom is -0.337 e. The molecule has 0 aliphatic rings. The fraction of sp³-hybridized carbons (Fsp3) is 0. The molecule has 3 nitrogen and oxygen atoms in total. The molecule has 0 aliphatic carbocycles. The van der Waals surface area contributed by atoms with Gasteiger partial charge in [-0.3, -0.25) is 0 Å². The lowest BCUT2D eigenvalue weighted by Crippen LogP contribution is -1.88. The smallest absolute Gasteiger partial charge is 0.149 e. The topological polar surface area (TPSA) is 52.5 Å². The number of imidazole rings is 1. The maximum absolute atomic E-state index is 13.6. The van der Waals surface area contributed by atoms with Crippen LogP contribution in [0.3, 0.4) is 0 Å². The molecule has 0 atom stereocenters. The van der Waals surface area contributed by atoms with Gasteiger partial charge in [0.1, 0.15) is 23.5 Å². The Kier molecular flexibility index (Phi) is 3.20. The Balaban J connectivity index is 2.11. The van der Waals surface area contributed by atoms with Gasteiger partial charge >= 0.3 is 0 Å². The molecule has 3 aromatic rings. The number of nitriles is 1. The van der Waals surface area contributed by atoms with E-state index in [0.29, 0.717) is 11.3 Å². The average molecular weight is 281 g/mol. The molecule has 0 amide bonds. The Bertz CT molecular complexity index is 855. The Morgan fingerprint density at radius 3 is 2.76 bits per heavy atom. The summed E-state index contributed by atoms with van der Waals surface area (Å²) >= 11 is 0. The van der Waals surface area contributed by atoms with Gasteiger partial charge in [0.05, 0.1) is 16.6 Å². The van der Waals surface area contributed by atoms with Crippen LogP contribution in [0.5, 0.6) is 0 Å². The zero-order chi connectivity index (χ0) is 14.8. The molecule has 0 radical (unpaired) electrons. The molecule has 1 heterocycles. The zero-order valence-corrected chi connectivity index (χ0v) is 10.8. The first-order valence-corrected chi connectivity index (χ1v) is 6.19. The third-order valence-electron chi connectivity index (χ3n) is 3.02. The van der Waals surface area contributed by atoms with Gasteiger partial charge in [-0.25, -0.2) is 13.8 Å². The predicted octanol–water partition coefficient (Wildman–Crippen LogP) is 3.91. The van der Waals surface area contributed by atoms with E-state index in [1.165, 1.54) is 6.08 Å². The van der Waals surface area contributed by atoms with Crippen LogP contribution in [0.1, 0.15) is 11.4 Å². The van der Waals surface area contributed by atoms with Gasteiger partial charge in [0.2, 0.25) is 0 Å². The molecule has 0 unspecified atom stereocenters. The van der Waals surface area contributed by atoms with Crippen LogP contribution in [0.15, 0.2) is 42.5 Å². The monoisotopic (exact) mass is 281 g/mol. The molecule has 0 aliphatic heterocycles. The maximum atomic E-state index is 13.6. The van der Waals surface area contributed by atoms with Crippen molar-refractivity contribution in [2.45, 2.75) is 0 Å². The Hall–Kier alpha value is -3.00. The van der Waals surface area contributed by atoms with Gasteiger partial charge in [-0.05, 0) is 36.4 Å². The van der Waals surface area contributed by atoms with Crippen LogP contribution < -0.4 is 0 Å². The summed E-state index contributed by atoms with van der Waals surface area (Å²) in [6.45, 7) is 0. The number of benzene rings is 2. The van der Waals surface area contributed by atoms with Gasteiger partial charge in [-0.2, -0.15) is 5.26 Å². The fourth-order valence-electron chi connectivity index (χ4n) is 2.01. The first kappa shape index (κ1) is 13.0. The average Bonchev–Trinajstić information content (AvgIpc) is 2.91. The van der Waals surface area contributed by atoms with Crippen LogP contribution in [0.2, 0.25) is 0 Å². The second kappa shape index (κ2) is 5.17. The van der Waals surface area contributed by atoms with Crippen LogP contribution in [0.25, 0.3) is 22.7 Å². The first-order valence-electron chi connectivity index (χ1n) is 6.19. The summed E-state index contributed by atoms with van der Waals surface area (Å²) in [6, 6.07) is 12.3. The summed E-state index contributed by atoms with van der Waals surface area (Å²) in [5, 5.41) is 9.23. The molecule has 5 heteroatoms. The van der Waals surface area contributed by atoms with E-state index in [1.54, 1.807) is 6.07 Å². The van der Waals surface area contributed by atoms with E-state index < -0.39 is 11.6 Å². The largest absolute Gasteiger partial charge is 0.337 e. The van der Waals surface area contributed by atoms with Gasteiger partial charge in [0.15, 0.2) is 0 Å². The zero-order valence-electron chi connectivity index (χ0n) is 10.8. The molecule has 102 valence electrons. The molecule has 0 saturated carbocycles. The van der Waals surface area contributed by atoms with Crippen molar-refractivity contribution in [1.82, 2.24) is 9.97 Å². The summed E-state index contributed by atoms with van der Waals surface area (Å²) in [4.78, 5) is 7.25. The van der Waals surface area contributed by atoms with Gasteiger partial charge in [-0.1, -0.05) is 12.1 Å². The van der Waals surface area contributed by atoms with Gasteiger partial charge in [0, 0.05) is 5.56 Å². The van der Waals surface area contributed by atoms with Crippen molar-refractivity contribution in [1.29, 1.82) is 5.26 Å². The number of nitrogens with one attached hydrogen (secondary N) is 1. The van der Waals surface area contributed by atoms with Crippen molar-refractivity contribution >= 4 is 22.7 Å². The molecular weight excluding hydrogens is 272 g/mol. The summed E-state index contributed by atoms with van der Waals surface area (Å²) in [5.41, 5.74) is 1.62. The summed E-state index contributed by atoms with van der Waals surface area (Å²) in [6.07, 6.45) is 1.27. The van der Waals surface area contributed by atoms with E-state index in [4.69, 9.17) is 0 Å². The lowest BCUT2D eigenvalue weighted by molar-refractivity contribution is 0.598. The summed E-state index contributed by atoms with van der Waals surface area (Å²) in [5.74, 6) is -0.841. The van der Waals surface area contributed by atoms with E-state index in [9.17, 15) is 14.0 Å². The molecule has 0 spiro atoms. The number of halogens is 2. The van der Waals surface area contributed by atoms with E-state index in [-0.39, 0.29) is 11.1 Å². The standard InChI is InChI=1S/C16H9F2N3/c17-12-5-6-13(18)10(8-12)7-11(9-19)16-20-14-3-1-2-4-15(14)21-16/h1-8H,(H,20,21)/b11-7-. The second-order valence-corrected chi connectivity index (χ2v) is 4.44. The lowest BCUT2D eigenvalue weighted by atomic mass is 10.1. The molecule has 0 bridgehead atoms. The molecule has 1 N–H and O–H groups in total. The van der Waals surface area contributed by atoms with Gasteiger partial charge < -0.3 is 4.98 Å². The molecule has 2 aromatic carbocycles. The summed E-state index contributed by atoms with van der Waals surface area (Å²) in [7, 11) is 0. The predicted molar refractivity (Wildman–Crippen MR) is 75.9 cm³/mol. The molecule has 3 rings (SSSR count). The van der Waals surface area contributed by atoms with Gasteiger partial charge in [-0.15, -0.1) is 0 Å². The molecule has 21 heavy (non-hydrogen) atoms. The molecular formula is C16H9F2N3. The highest BCUT2D eigenvalue weighted by atomic mass is 19.1. The normalized spacial score (nSPS) is 11.6. The van der Waals surface area contributed by atoms with Crippen molar-refractivity contribution in [3.63, 3.8) is 0 Å².